The molecule has 6 heteroatoms. The van der Waals surface area contributed by atoms with Crippen LogP contribution in [0.25, 0.3) is 33.0 Å². The highest BCUT2D eigenvalue weighted by Crippen LogP contribution is 2.28. The second-order valence-corrected chi connectivity index (χ2v) is 5.59. The predicted octanol–water partition coefficient (Wildman–Crippen LogP) is 3.80. The molecule has 2 N–H and O–H groups in total. The molecule has 0 spiro atoms. The van der Waals surface area contributed by atoms with Crippen molar-refractivity contribution >= 4 is 33.8 Å². The Hall–Kier alpha value is -3.41. The fourth-order valence-electron chi connectivity index (χ4n) is 2.75. The van der Waals surface area contributed by atoms with Gasteiger partial charge in [-0.1, -0.05) is 12.1 Å². The second kappa shape index (κ2) is 5.90. The van der Waals surface area contributed by atoms with E-state index in [9.17, 15) is 4.79 Å². The molecule has 0 amide bonds. The smallest absolute Gasteiger partial charge is 0.374 e. The molecule has 0 saturated carbocycles. The summed E-state index contributed by atoms with van der Waals surface area (Å²) in [6.07, 6.45) is 1.70. The lowest BCUT2D eigenvalue weighted by molar-refractivity contribution is 0.0492. The number of esters is 1. The van der Waals surface area contributed by atoms with Crippen molar-refractivity contribution in [3.05, 3.63) is 54.4 Å². The van der Waals surface area contributed by atoms with Crippen molar-refractivity contribution in [1.82, 2.24) is 9.97 Å². The van der Waals surface area contributed by atoms with Crippen LogP contribution in [0.1, 0.15) is 17.5 Å². The van der Waals surface area contributed by atoms with E-state index in [1.54, 1.807) is 19.2 Å². The van der Waals surface area contributed by atoms with Gasteiger partial charge in [0.1, 0.15) is 5.58 Å². The van der Waals surface area contributed by atoms with Crippen molar-refractivity contribution in [3.8, 4) is 11.1 Å². The summed E-state index contributed by atoms with van der Waals surface area (Å²) in [4.78, 5) is 20.0. The number of carbonyl (C=O) groups excluding carboxylic acids is 1. The molecule has 0 fully saturated rings. The van der Waals surface area contributed by atoms with Crippen LogP contribution in [0.4, 0.5) is 5.95 Å². The van der Waals surface area contributed by atoms with Crippen molar-refractivity contribution in [2.75, 3.05) is 12.3 Å². The van der Waals surface area contributed by atoms with E-state index in [0.29, 0.717) is 12.2 Å². The summed E-state index contributed by atoms with van der Waals surface area (Å²) in [6, 6.07) is 13.3. The Morgan fingerprint density at radius 3 is 2.68 bits per heavy atom. The first kappa shape index (κ1) is 15.1. The molecule has 2 aromatic carbocycles. The van der Waals surface area contributed by atoms with E-state index in [4.69, 9.17) is 14.9 Å². The maximum Gasteiger partial charge on any atom is 0.374 e. The van der Waals surface area contributed by atoms with E-state index in [0.717, 1.165) is 27.4 Å². The topological polar surface area (TPSA) is 91.2 Å². The number of benzene rings is 2. The van der Waals surface area contributed by atoms with Crippen molar-refractivity contribution in [1.29, 1.82) is 0 Å². The number of hydrogen-bond donors (Lipinski definition) is 1. The van der Waals surface area contributed by atoms with Crippen molar-refractivity contribution < 1.29 is 13.9 Å². The lowest BCUT2D eigenvalue weighted by atomic mass is 10.0. The molecular formula is C19H15N3O3. The van der Waals surface area contributed by atoms with Crippen molar-refractivity contribution in [2.24, 2.45) is 0 Å². The summed E-state index contributed by atoms with van der Waals surface area (Å²) in [5.41, 5.74) is 9.07. The lowest BCUT2D eigenvalue weighted by Crippen LogP contribution is -2.02. The van der Waals surface area contributed by atoms with Gasteiger partial charge in [-0.05, 0) is 48.4 Å². The minimum atomic E-state index is -0.458. The number of nitrogens with two attached hydrogens (primary N) is 1. The molecule has 0 aliphatic rings. The minimum Gasteiger partial charge on any atom is -0.460 e. The van der Waals surface area contributed by atoms with E-state index >= 15 is 0 Å². The number of rotatable bonds is 3. The van der Waals surface area contributed by atoms with Gasteiger partial charge in [-0.3, -0.25) is 0 Å². The van der Waals surface area contributed by atoms with Crippen molar-refractivity contribution in [3.63, 3.8) is 0 Å². The van der Waals surface area contributed by atoms with Gasteiger partial charge in [-0.25, -0.2) is 14.8 Å². The van der Waals surface area contributed by atoms with E-state index in [2.05, 4.69) is 9.97 Å². The highest BCUT2D eigenvalue weighted by atomic mass is 16.5. The summed E-state index contributed by atoms with van der Waals surface area (Å²) >= 11 is 0. The molecule has 124 valence electrons. The zero-order valence-corrected chi connectivity index (χ0v) is 13.5. The van der Waals surface area contributed by atoms with Gasteiger partial charge in [-0.15, -0.1) is 0 Å². The fraction of sp³-hybridized carbons (Fsp3) is 0.105. The molecule has 6 nitrogen and oxygen atoms in total. The first-order valence-electron chi connectivity index (χ1n) is 7.87. The van der Waals surface area contributed by atoms with E-state index in [1.165, 1.54) is 0 Å². The molecule has 0 bridgehead atoms. The first-order chi connectivity index (χ1) is 12.1. The summed E-state index contributed by atoms with van der Waals surface area (Å²) < 4.78 is 10.5. The number of anilines is 1. The number of aromatic nitrogens is 2. The van der Waals surface area contributed by atoms with Crippen LogP contribution in [0.2, 0.25) is 0 Å². The molecule has 0 radical (unpaired) electrons. The van der Waals surface area contributed by atoms with Gasteiger partial charge in [0, 0.05) is 17.0 Å². The third-order valence-corrected chi connectivity index (χ3v) is 3.92. The molecule has 0 aliphatic heterocycles. The monoisotopic (exact) mass is 333 g/mol. The largest absolute Gasteiger partial charge is 0.460 e. The van der Waals surface area contributed by atoms with Crippen LogP contribution in [0.3, 0.4) is 0 Å². The number of furan rings is 1. The zero-order valence-electron chi connectivity index (χ0n) is 13.5. The van der Waals surface area contributed by atoms with Crippen LogP contribution in [0.5, 0.6) is 0 Å². The second-order valence-electron chi connectivity index (χ2n) is 5.59. The molecule has 4 rings (SSSR count). The van der Waals surface area contributed by atoms with Crippen LogP contribution in [0.15, 0.2) is 53.1 Å². The number of nitrogens with zero attached hydrogens (tertiary/aromatic N) is 2. The van der Waals surface area contributed by atoms with Crippen LogP contribution in [0, 0.1) is 0 Å². The highest BCUT2D eigenvalue weighted by Gasteiger charge is 2.13. The Morgan fingerprint density at radius 2 is 1.88 bits per heavy atom. The molecule has 0 atom stereocenters. The Labute approximate surface area is 143 Å². The number of ether oxygens (including phenoxy) is 1. The number of nitrogen functional groups attached to an aromatic ring is 1. The maximum absolute atomic E-state index is 11.8. The van der Waals surface area contributed by atoms with Gasteiger partial charge in [0.15, 0.2) is 0 Å². The Morgan fingerprint density at radius 1 is 1.12 bits per heavy atom. The Kier molecular flexibility index (Phi) is 3.57. The molecular weight excluding hydrogens is 318 g/mol. The molecule has 2 aromatic heterocycles. The zero-order chi connectivity index (χ0) is 17.4. The number of carbonyl (C=O) groups is 1. The number of hydrogen-bond acceptors (Lipinski definition) is 6. The summed E-state index contributed by atoms with van der Waals surface area (Å²) in [5, 5.41) is 1.75. The van der Waals surface area contributed by atoms with Crippen LogP contribution < -0.4 is 5.73 Å². The van der Waals surface area contributed by atoms with Gasteiger partial charge in [0.2, 0.25) is 11.7 Å². The quantitative estimate of drug-likeness (QED) is 0.573. The van der Waals surface area contributed by atoms with E-state index < -0.39 is 5.97 Å². The Bertz CT molecular complexity index is 1100. The van der Waals surface area contributed by atoms with E-state index in [1.807, 2.05) is 36.4 Å². The minimum absolute atomic E-state index is 0.205. The van der Waals surface area contributed by atoms with Crippen LogP contribution >= 0.6 is 0 Å². The van der Waals surface area contributed by atoms with Crippen LogP contribution in [-0.2, 0) is 4.74 Å². The van der Waals surface area contributed by atoms with Gasteiger partial charge in [0.25, 0.3) is 0 Å². The average Bonchev–Trinajstić information content (AvgIpc) is 3.05. The first-order valence-corrected chi connectivity index (χ1v) is 7.87. The molecule has 0 aliphatic carbocycles. The van der Waals surface area contributed by atoms with Gasteiger partial charge < -0.3 is 14.9 Å². The van der Waals surface area contributed by atoms with Gasteiger partial charge in [0.05, 0.1) is 12.1 Å². The lowest BCUT2D eigenvalue weighted by Gasteiger charge is -2.04. The summed E-state index contributed by atoms with van der Waals surface area (Å²) in [5.74, 6) is 0.00337. The summed E-state index contributed by atoms with van der Waals surface area (Å²) in [7, 11) is 0. The normalized spacial score (nSPS) is 11.1. The predicted molar refractivity (Wildman–Crippen MR) is 95.1 cm³/mol. The summed E-state index contributed by atoms with van der Waals surface area (Å²) in [6.45, 7) is 2.07. The average molecular weight is 333 g/mol. The van der Waals surface area contributed by atoms with Gasteiger partial charge >= 0.3 is 5.97 Å². The third-order valence-electron chi connectivity index (χ3n) is 3.92. The highest BCUT2D eigenvalue weighted by molar-refractivity contribution is 5.94. The fourth-order valence-corrected chi connectivity index (χ4v) is 2.75. The molecule has 4 aromatic rings. The Balaban J connectivity index is 1.76. The van der Waals surface area contributed by atoms with E-state index in [-0.39, 0.29) is 11.7 Å². The molecule has 0 unspecified atom stereocenters. The standard InChI is InChI=1S/C19H15N3O3/c1-2-24-18(23)17-9-13-7-12(4-6-16(13)25-17)11-3-5-15-14(8-11)10-21-19(20)22-15/h3-10H,2H2,1H3,(H2,20,21,22). The van der Waals surface area contributed by atoms with Gasteiger partial charge in [-0.2, -0.15) is 0 Å². The van der Waals surface area contributed by atoms with Crippen LogP contribution in [-0.4, -0.2) is 22.5 Å². The number of fused-ring (bicyclic) bond motifs is 2. The third kappa shape index (κ3) is 2.78. The van der Waals surface area contributed by atoms with Crippen molar-refractivity contribution in [2.45, 2.75) is 6.92 Å². The SMILES string of the molecule is CCOC(=O)c1cc2cc(-c3ccc4nc(N)ncc4c3)ccc2o1. The molecule has 2 heterocycles. The molecule has 0 saturated heterocycles. The molecule has 25 heavy (non-hydrogen) atoms. The maximum atomic E-state index is 11.8.